The molecule has 0 bridgehead atoms. The number of aryl methyl sites for hydroxylation is 1. The normalized spacial score (nSPS) is 15.0. The number of rotatable bonds is 3. The fourth-order valence-corrected chi connectivity index (χ4v) is 3.07. The lowest BCUT2D eigenvalue weighted by Gasteiger charge is -2.17. The lowest BCUT2D eigenvalue weighted by atomic mass is 10.0. The zero-order chi connectivity index (χ0) is 17.1. The first kappa shape index (κ1) is 19.4. The molecule has 0 atom stereocenters. The van der Waals surface area contributed by atoms with Gasteiger partial charge in [0.15, 0.2) is 0 Å². The topological polar surface area (TPSA) is 63.1 Å². The van der Waals surface area contributed by atoms with Crippen molar-refractivity contribution in [3.8, 4) is 5.69 Å². The number of amides is 1. The largest absolute Gasteiger partial charge is 0.335 e. The van der Waals surface area contributed by atoms with Crippen LogP contribution in [0.5, 0.6) is 0 Å². The fraction of sp³-hybridized carbons (Fsp3) is 0.500. The Morgan fingerprint density at radius 2 is 1.96 bits per heavy atom. The highest BCUT2D eigenvalue weighted by Gasteiger charge is 2.23. The maximum atomic E-state index is 12.7. The molecule has 136 valence electrons. The Morgan fingerprint density at radius 3 is 2.72 bits per heavy atom. The molecule has 6 nitrogen and oxygen atoms in total. The highest BCUT2D eigenvalue weighted by molar-refractivity contribution is 5.90. The quantitative estimate of drug-likeness (QED) is 0.910. The number of carbonyl (C=O) groups excluding carboxylic acids is 1. The summed E-state index contributed by atoms with van der Waals surface area (Å²) >= 11 is 0. The lowest BCUT2D eigenvalue weighted by molar-refractivity contribution is 0.0754. The third kappa shape index (κ3) is 4.19. The van der Waals surface area contributed by atoms with Gasteiger partial charge in [-0.15, -0.1) is 17.5 Å². The van der Waals surface area contributed by atoms with Crippen molar-refractivity contribution in [2.75, 3.05) is 26.2 Å². The van der Waals surface area contributed by atoms with E-state index in [1.165, 1.54) is 5.56 Å². The number of aromatic nitrogens is 3. The van der Waals surface area contributed by atoms with Crippen molar-refractivity contribution < 1.29 is 4.79 Å². The van der Waals surface area contributed by atoms with Gasteiger partial charge < -0.3 is 10.2 Å². The number of para-hydroxylation sites is 1. The van der Waals surface area contributed by atoms with Crippen LogP contribution in [-0.2, 0) is 0 Å². The maximum Gasteiger partial charge on any atom is 0.293 e. The van der Waals surface area contributed by atoms with Gasteiger partial charge in [-0.25, -0.2) is 9.67 Å². The van der Waals surface area contributed by atoms with E-state index in [9.17, 15) is 4.79 Å². The molecule has 1 aromatic carbocycles. The molecule has 2 heterocycles. The highest BCUT2D eigenvalue weighted by atomic mass is 35.5. The van der Waals surface area contributed by atoms with Crippen LogP contribution >= 0.6 is 12.4 Å². The van der Waals surface area contributed by atoms with Crippen LogP contribution in [0.1, 0.15) is 48.2 Å². The molecule has 1 aliphatic heterocycles. The Bertz CT molecular complexity index is 720. The standard InChI is InChI=1S/C18H25N5O.ClH/c1-13(2)15-7-4-5-8-16(15)23-14(3)20-17(21-23)18(24)22-11-6-9-19-10-12-22;/h4-5,7-8,13,19H,6,9-12H2,1-3H3;1H. The van der Waals surface area contributed by atoms with E-state index in [4.69, 9.17) is 0 Å². The van der Waals surface area contributed by atoms with Gasteiger partial charge in [0, 0.05) is 19.6 Å². The Kier molecular flexibility index (Phi) is 6.56. The highest BCUT2D eigenvalue weighted by Crippen LogP contribution is 2.23. The van der Waals surface area contributed by atoms with Crippen LogP contribution in [0, 0.1) is 6.92 Å². The fourth-order valence-electron chi connectivity index (χ4n) is 3.07. The summed E-state index contributed by atoms with van der Waals surface area (Å²) in [5, 5.41) is 7.83. The summed E-state index contributed by atoms with van der Waals surface area (Å²) in [4.78, 5) is 19.0. The van der Waals surface area contributed by atoms with Gasteiger partial charge in [-0.3, -0.25) is 4.79 Å². The van der Waals surface area contributed by atoms with Crippen molar-refractivity contribution in [1.82, 2.24) is 25.0 Å². The smallest absolute Gasteiger partial charge is 0.293 e. The van der Waals surface area contributed by atoms with Gasteiger partial charge >= 0.3 is 0 Å². The summed E-state index contributed by atoms with van der Waals surface area (Å²) < 4.78 is 1.79. The van der Waals surface area contributed by atoms with E-state index >= 15 is 0 Å². The molecule has 1 amide bonds. The number of nitrogens with one attached hydrogen (secondary N) is 1. The SMILES string of the molecule is Cc1nc(C(=O)N2CCCNCC2)nn1-c1ccccc1C(C)C.Cl. The first-order valence-corrected chi connectivity index (χ1v) is 8.61. The van der Waals surface area contributed by atoms with Crippen LogP contribution in [0.25, 0.3) is 5.69 Å². The molecule has 0 radical (unpaired) electrons. The van der Waals surface area contributed by atoms with Gasteiger partial charge in [0.1, 0.15) is 5.82 Å². The zero-order valence-corrected chi connectivity index (χ0v) is 15.8. The number of hydrogen-bond acceptors (Lipinski definition) is 4. The number of halogens is 1. The second-order valence-electron chi connectivity index (χ2n) is 6.50. The number of hydrogen-bond donors (Lipinski definition) is 1. The molecule has 25 heavy (non-hydrogen) atoms. The lowest BCUT2D eigenvalue weighted by Crippen LogP contribution is -2.34. The molecule has 0 aliphatic carbocycles. The molecule has 1 aromatic heterocycles. The van der Waals surface area contributed by atoms with Gasteiger partial charge in [-0.2, -0.15) is 0 Å². The minimum atomic E-state index is -0.0809. The Morgan fingerprint density at radius 1 is 1.20 bits per heavy atom. The van der Waals surface area contributed by atoms with Crippen LogP contribution < -0.4 is 5.32 Å². The number of benzene rings is 1. The summed E-state index contributed by atoms with van der Waals surface area (Å²) in [6.07, 6.45) is 0.960. The van der Waals surface area contributed by atoms with Crippen LogP contribution in [0.4, 0.5) is 0 Å². The summed E-state index contributed by atoms with van der Waals surface area (Å²) in [5.41, 5.74) is 2.19. The van der Waals surface area contributed by atoms with E-state index in [1.807, 2.05) is 30.0 Å². The second kappa shape index (κ2) is 8.45. The van der Waals surface area contributed by atoms with Crippen LogP contribution in [0.2, 0.25) is 0 Å². The van der Waals surface area contributed by atoms with Crippen molar-refractivity contribution in [2.45, 2.75) is 33.1 Å². The average molecular weight is 364 g/mol. The van der Waals surface area contributed by atoms with Crippen LogP contribution in [-0.4, -0.2) is 51.8 Å². The van der Waals surface area contributed by atoms with Gasteiger partial charge in [0.25, 0.3) is 5.91 Å². The van der Waals surface area contributed by atoms with E-state index in [0.717, 1.165) is 37.6 Å². The maximum absolute atomic E-state index is 12.7. The molecule has 1 fully saturated rings. The van der Waals surface area contributed by atoms with Crippen molar-refractivity contribution >= 4 is 18.3 Å². The molecule has 1 saturated heterocycles. The molecular formula is C18H26ClN5O. The molecule has 0 saturated carbocycles. The van der Waals surface area contributed by atoms with Crippen molar-refractivity contribution in [3.63, 3.8) is 0 Å². The van der Waals surface area contributed by atoms with Crippen LogP contribution in [0.3, 0.4) is 0 Å². The molecule has 1 aliphatic rings. The average Bonchev–Trinajstić information content (AvgIpc) is 2.79. The minimum absolute atomic E-state index is 0. The molecule has 2 aromatic rings. The number of carbonyl (C=O) groups is 1. The van der Waals surface area contributed by atoms with Gasteiger partial charge in [-0.05, 0) is 37.4 Å². The molecule has 0 unspecified atom stereocenters. The first-order chi connectivity index (χ1) is 11.6. The van der Waals surface area contributed by atoms with Gasteiger partial charge in [-0.1, -0.05) is 32.0 Å². The molecule has 0 spiro atoms. The van der Waals surface area contributed by atoms with Gasteiger partial charge in [0.2, 0.25) is 5.82 Å². The number of nitrogens with zero attached hydrogens (tertiary/aromatic N) is 4. The van der Waals surface area contributed by atoms with Crippen molar-refractivity contribution in [3.05, 3.63) is 41.5 Å². The Labute approximate surface area is 155 Å². The van der Waals surface area contributed by atoms with E-state index < -0.39 is 0 Å². The predicted molar refractivity (Wildman–Crippen MR) is 101 cm³/mol. The zero-order valence-electron chi connectivity index (χ0n) is 15.0. The monoisotopic (exact) mass is 363 g/mol. The summed E-state index contributed by atoms with van der Waals surface area (Å²) in [5.74, 6) is 1.32. The second-order valence-corrected chi connectivity index (χ2v) is 6.50. The Hall–Kier alpha value is -1.92. The summed E-state index contributed by atoms with van der Waals surface area (Å²) in [6.45, 7) is 9.43. The summed E-state index contributed by atoms with van der Waals surface area (Å²) in [6, 6.07) is 8.15. The van der Waals surface area contributed by atoms with Crippen molar-refractivity contribution in [1.29, 1.82) is 0 Å². The molecule has 1 N–H and O–H groups in total. The van der Waals surface area contributed by atoms with Crippen molar-refractivity contribution in [2.24, 2.45) is 0 Å². The van der Waals surface area contributed by atoms with Crippen LogP contribution in [0.15, 0.2) is 24.3 Å². The minimum Gasteiger partial charge on any atom is -0.335 e. The molecule has 7 heteroatoms. The third-order valence-electron chi connectivity index (χ3n) is 4.37. The van der Waals surface area contributed by atoms with E-state index in [0.29, 0.717) is 12.5 Å². The molecule has 3 rings (SSSR count). The van der Waals surface area contributed by atoms with E-state index in [1.54, 1.807) is 4.68 Å². The Balaban J connectivity index is 0.00000225. The van der Waals surface area contributed by atoms with E-state index in [2.05, 4.69) is 35.3 Å². The summed E-state index contributed by atoms with van der Waals surface area (Å²) in [7, 11) is 0. The van der Waals surface area contributed by atoms with E-state index in [-0.39, 0.29) is 24.1 Å². The predicted octanol–water partition coefficient (Wildman–Crippen LogP) is 2.56. The third-order valence-corrected chi connectivity index (χ3v) is 4.37. The molecular weight excluding hydrogens is 338 g/mol. The first-order valence-electron chi connectivity index (χ1n) is 8.61. The van der Waals surface area contributed by atoms with Gasteiger partial charge in [0.05, 0.1) is 5.69 Å².